The van der Waals surface area contributed by atoms with Gasteiger partial charge in [-0.25, -0.2) is 0 Å². The van der Waals surface area contributed by atoms with Crippen LogP contribution in [0.15, 0.2) is 60.7 Å². The standard InChI is InChI=1S/C23H24N2O3/c1-4-17-5-10-20(11-6-17)28-21-12-7-18(8-13-21)25-23(26)22-14-9-19(15-27-3)24-16(22)2/h5-14H,4,15H2,1-3H3,(H,25,26). The third kappa shape index (κ3) is 4.96. The highest BCUT2D eigenvalue weighted by atomic mass is 16.5. The van der Waals surface area contributed by atoms with E-state index in [0.29, 0.717) is 29.3 Å². The van der Waals surface area contributed by atoms with E-state index in [2.05, 4.69) is 29.4 Å². The molecule has 0 atom stereocenters. The van der Waals surface area contributed by atoms with Gasteiger partial charge in [-0.2, -0.15) is 0 Å². The molecule has 0 bridgehead atoms. The van der Waals surface area contributed by atoms with Crippen LogP contribution < -0.4 is 10.1 Å². The number of hydrogen-bond acceptors (Lipinski definition) is 4. The molecule has 1 N–H and O–H groups in total. The predicted octanol–water partition coefficient (Wildman–Crippen LogP) is 5.14. The number of methoxy groups -OCH3 is 1. The number of nitrogens with one attached hydrogen (secondary N) is 1. The minimum absolute atomic E-state index is 0.196. The van der Waals surface area contributed by atoms with E-state index >= 15 is 0 Å². The van der Waals surface area contributed by atoms with E-state index in [4.69, 9.17) is 9.47 Å². The van der Waals surface area contributed by atoms with Gasteiger partial charge in [-0.3, -0.25) is 9.78 Å². The molecule has 3 rings (SSSR count). The Kier molecular flexibility index (Phi) is 6.40. The van der Waals surface area contributed by atoms with Crippen molar-refractivity contribution < 1.29 is 14.3 Å². The number of hydrogen-bond donors (Lipinski definition) is 1. The van der Waals surface area contributed by atoms with Gasteiger partial charge in [-0.1, -0.05) is 19.1 Å². The van der Waals surface area contributed by atoms with E-state index < -0.39 is 0 Å². The molecule has 1 heterocycles. The van der Waals surface area contributed by atoms with Gasteiger partial charge in [0.05, 0.1) is 23.6 Å². The minimum Gasteiger partial charge on any atom is -0.457 e. The Hall–Kier alpha value is -3.18. The van der Waals surface area contributed by atoms with Gasteiger partial charge in [0, 0.05) is 12.8 Å². The first kappa shape index (κ1) is 19.6. The van der Waals surface area contributed by atoms with Crippen LogP contribution in [0.5, 0.6) is 11.5 Å². The molecule has 5 nitrogen and oxygen atoms in total. The number of rotatable bonds is 7. The molecule has 0 saturated heterocycles. The van der Waals surface area contributed by atoms with Crippen molar-refractivity contribution in [1.82, 2.24) is 4.98 Å². The molecule has 2 aromatic carbocycles. The number of carbonyl (C=O) groups is 1. The molecule has 0 aliphatic rings. The van der Waals surface area contributed by atoms with E-state index in [1.165, 1.54) is 5.56 Å². The summed E-state index contributed by atoms with van der Waals surface area (Å²) in [7, 11) is 1.62. The molecule has 0 fully saturated rings. The van der Waals surface area contributed by atoms with Crippen LogP contribution in [0.1, 0.15) is 34.2 Å². The first-order chi connectivity index (χ1) is 13.6. The molecular weight excluding hydrogens is 352 g/mol. The van der Waals surface area contributed by atoms with Gasteiger partial charge in [0.25, 0.3) is 5.91 Å². The Bertz CT molecular complexity index is 935. The van der Waals surface area contributed by atoms with E-state index in [-0.39, 0.29) is 5.91 Å². The second kappa shape index (κ2) is 9.15. The highest BCUT2D eigenvalue weighted by Gasteiger charge is 2.11. The first-order valence-corrected chi connectivity index (χ1v) is 9.22. The number of carbonyl (C=O) groups excluding carboxylic acids is 1. The second-order valence-electron chi connectivity index (χ2n) is 6.45. The monoisotopic (exact) mass is 376 g/mol. The molecule has 0 unspecified atom stereocenters. The Morgan fingerprint density at radius 1 is 0.964 bits per heavy atom. The number of amides is 1. The molecule has 144 valence electrons. The molecule has 1 aromatic heterocycles. The molecule has 5 heteroatoms. The lowest BCUT2D eigenvalue weighted by Crippen LogP contribution is -2.14. The van der Waals surface area contributed by atoms with Crippen molar-refractivity contribution in [3.63, 3.8) is 0 Å². The van der Waals surface area contributed by atoms with Gasteiger partial charge < -0.3 is 14.8 Å². The lowest BCUT2D eigenvalue weighted by molar-refractivity contribution is 0.102. The van der Waals surface area contributed by atoms with Crippen molar-refractivity contribution >= 4 is 11.6 Å². The molecule has 0 saturated carbocycles. The molecule has 28 heavy (non-hydrogen) atoms. The van der Waals surface area contributed by atoms with Crippen LogP contribution in [0, 0.1) is 6.92 Å². The topological polar surface area (TPSA) is 60.5 Å². The highest BCUT2D eigenvalue weighted by Crippen LogP contribution is 2.24. The Morgan fingerprint density at radius 3 is 2.18 bits per heavy atom. The van der Waals surface area contributed by atoms with Crippen molar-refractivity contribution in [3.8, 4) is 11.5 Å². The predicted molar refractivity (Wildman–Crippen MR) is 110 cm³/mol. The van der Waals surface area contributed by atoms with Gasteiger partial charge in [0.2, 0.25) is 0 Å². The third-order valence-corrected chi connectivity index (χ3v) is 4.36. The maximum Gasteiger partial charge on any atom is 0.257 e. The number of pyridine rings is 1. The molecule has 0 aliphatic carbocycles. The fourth-order valence-electron chi connectivity index (χ4n) is 2.82. The van der Waals surface area contributed by atoms with Crippen LogP contribution in [0.4, 0.5) is 5.69 Å². The molecular formula is C23H24N2O3. The number of aromatic nitrogens is 1. The van der Waals surface area contributed by atoms with Crippen LogP contribution in [0.2, 0.25) is 0 Å². The lowest BCUT2D eigenvalue weighted by atomic mass is 10.1. The maximum absolute atomic E-state index is 12.5. The van der Waals surface area contributed by atoms with Gasteiger partial charge in [-0.15, -0.1) is 0 Å². The van der Waals surface area contributed by atoms with Gasteiger partial charge in [0.15, 0.2) is 0 Å². The lowest BCUT2D eigenvalue weighted by Gasteiger charge is -2.10. The summed E-state index contributed by atoms with van der Waals surface area (Å²) in [5.74, 6) is 1.30. The zero-order valence-corrected chi connectivity index (χ0v) is 16.4. The highest BCUT2D eigenvalue weighted by molar-refractivity contribution is 6.05. The molecule has 0 spiro atoms. The number of anilines is 1. The van der Waals surface area contributed by atoms with Crippen LogP contribution in [-0.4, -0.2) is 18.0 Å². The molecule has 0 radical (unpaired) electrons. The number of benzene rings is 2. The van der Waals surface area contributed by atoms with Crippen LogP contribution in [0.25, 0.3) is 0 Å². The van der Waals surface area contributed by atoms with E-state index in [9.17, 15) is 4.79 Å². The third-order valence-electron chi connectivity index (χ3n) is 4.36. The summed E-state index contributed by atoms with van der Waals surface area (Å²) in [5.41, 5.74) is 3.97. The average Bonchev–Trinajstić information content (AvgIpc) is 2.70. The number of nitrogens with zero attached hydrogens (tertiary/aromatic N) is 1. The zero-order valence-electron chi connectivity index (χ0n) is 16.4. The van der Waals surface area contributed by atoms with E-state index in [1.54, 1.807) is 19.2 Å². The van der Waals surface area contributed by atoms with Crippen LogP contribution in [0.3, 0.4) is 0 Å². The second-order valence-corrected chi connectivity index (χ2v) is 6.45. The van der Waals surface area contributed by atoms with Gasteiger partial charge >= 0.3 is 0 Å². The van der Waals surface area contributed by atoms with Crippen LogP contribution >= 0.6 is 0 Å². The summed E-state index contributed by atoms with van der Waals surface area (Å²) in [5, 5.41) is 2.89. The first-order valence-electron chi connectivity index (χ1n) is 9.22. The minimum atomic E-state index is -0.196. The molecule has 1 amide bonds. The summed E-state index contributed by atoms with van der Waals surface area (Å²) in [6, 6.07) is 18.9. The number of aryl methyl sites for hydroxylation is 2. The Labute approximate surface area is 165 Å². The largest absolute Gasteiger partial charge is 0.457 e. The smallest absolute Gasteiger partial charge is 0.257 e. The Balaban J connectivity index is 1.64. The normalized spacial score (nSPS) is 10.5. The molecule has 3 aromatic rings. The summed E-state index contributed by atoms with van der Waals surface area (Å²) >= 11 is 0. The average molecular weight is 376 g/mol. The number of ether oxygens (including phenoxy) is 2. The van der Waals surface area contributed by atoms with Crippen molar-refractivity contribution in [1.29, 1.82) is 0 Å². The molecule has 0 aliphatic heterocycles. The summed E-state index contributed by atoms with van der Waals surface area (Å²) in [4.78, 5) is 16.9. The van der Waals surface area contributed by atoms with Crippen molar-refractivity contribution in [2.75, 3.05) is 12.4 Å². The quantitative estimate of drug-likeness (QED) is 0.620. The van der Waals surface area contributed by atoms with Crippen molar-refractivity contribution in [3.05, 3.63) is 83.2 Å². The fraction of sp³-hybridized carbons (Fsp3) is 0.217. The SMILES string of the molecule is CCc1ccc(Oc2ccc(NC(=O)c3ccc(COC)nc3C)cc2)cc1. The Morgan fingerprint density at radius 2 is 1.61 bits per heavy atom. The van der Waals surface area contributed by atoms with Gasteiger partial charge in [0.1, 0.15) is 11.5 Å². The summed E-state index contributed by atoms with van der Waals surface area (Å²) in [6.07, 6.45) is 0.999. The summed E-state index contributed by atoms with van der Waals surface area (Å²) < 4.78 is 10.9. The van der Waals surface area contributed by atoms with E-state index in [0.717, 1.165) is 17.9 Å². The van der Waals surface area contributed by atoms with E-state index in [1.807, 2.05) is 43.3 Å². The van der Waals surface area contributed by atoms with Crippen molar-refractivity contribution in [2.24, 2.45) is 0 Å². The zero-order chi connectivity index (χ0) is 19.9. The fourth-order valence-corrected chi connectivity index (χ4v) is 2.82. The van der Waals surface area contributed by atoms with Crippen molar-refractivity contribution in [2.45, 2.75) is 26.9 Å². The van der Waals surface area contributed by atoms with Crippen LogP contribution in [-0.2, 0) is 17.8 Å². The summed E-state index contributed by atoms with van der Waals surface area (Å²) in [6.45, 7) is 4.36. The maximum atomic E-state index is 12.5. The van der Waals surface area contributed by atoms with Gasteiger partial charge in [-0.05, 0) is 67.4 Å².